The molecule has 1 aliphatic rings. The first-order valence-electron chi connectivity index (χ1n) is 17.4. The number of rotatable bonds is 11. The quantitative estimate of drug-likeness (QED) is 0.178. The minimum atomic E-state index is -1.11. The molecule has 1 aromatic carbocycles. The second-order valence-corrected chi connectivity index (χ2v) is 13.7. The molecule has 2 unspecified atom stereocenters. The van der Waals surface area contributed by atoms with Gasteiger partial charge in [0.15, 0.2) is 0 Å². The highest BCUT2D eigenvalue weighted by atomic mass is 16.5. The second-order valence-electron chi connectivity index (χ2n) is 13.7. The minimum Gasteiger partial charge on any atom is -0.460 e. The van der Waals surface area contributed by atoms with Crippen LogP contribution < -0.4 is 26.6 Å². The molecule has 1 aliphatic heterocycles. The normalized spacial score (nSPS) is 24.6. The largest absolute Gasteiger partial charge is 0.460 e. The summed E-state index contributed by atoms with van der Waals surface area (Å²) in [6.07, 6.45) is 4.15. The van der Waals surface area contributed by atoms with Crippen LogP contribution in [0, 0.1) is 17.8 Å². The predicted molar refractivity (Wildman–Crippen MR) is 183 cm³/mol. The molecule has 12 heteroatoms. The van der Waals surface area contributed by atoms with Crippen molar-refractivity contribution in [2.75, 3.05) is 6.54 Å². The van der Waals surface area contributed by atoms with Gasteiger partial charge in [0, 0.05) is 6.42 Å². The third-order valence-electron chi connectivity index (χ3n) is 8.49. The highest BCUT2D eigenvalue weighted by Crippen LogP contribution is 2.21. The topological polar surface area (TPSA) is 172 Å². The molecular formula is C36H57N5O7. The van der Waals surface area contributed by atoms with E-state index in [-0.39, 0.29) is 43.6 Å². The van der Waals surface area contributed by atoms with Gasteiger partial charge < -0.3 is 31.3 Å². The Kier molecular flexibility index (Phi) is 17.1. The zero-order valence-electron chi connectivity index (χ0n) is 29.7. The van der Waals surface area contributed by atoms with E-state index in [0.29, 0.717) is 6.42 Å². The number of benzene rings is 1. The molecule has 0 radical (unpaired) electrons. The first-order chi connectivity index (χ1) is 22.7. The van der Waals surface area contributed by atoms with Gasteiger partial charge in [-0.15, -0.1) is 0 Å². The molecule has 6 atom stereocenters. The van der Waals surface area contributed by atoms with Gasteiger partial charge in [0.2, 0.25) is 29.5 Å². The molecule has 0 bridgehead atoms. The zero-order chi connectivity index (χ0) is 35.8. The van der Waals surface area contributed by atoms with Crippen LogP contribution in [0.25, 0.3) is 0 Å². The number of cyclic esters (lactones) is 1. The second kappa shape index (κ2) is 20.4. The van der Waals surface area contributed by atoms with Crippen LogP contribution >= 0.6 is 0 Å². The maximum Gasteiger partial charge on any atom is 0.329 e. The van der Waals surface area contributed by atoms with Gasteiger partial charge in [-0.3, -0.25) is 24.0 Å². The number of esters is 1. The first kappa shape index (κ1) is 40.2. The molecule has 0 saturated carbocycles. The SMILES string of the molecule is CCCCCCC(C)C1CC(=O)NCC(=O)N[C@@H](C(C)C)C(=O)N[C@H](CC(C)C)C(=O)N[C@@H](C)C(=O)N[C@@H](Cc2ccccc2)C(=O)O1. The molecule has 5 amide bonds. The molecule has 12 nitrogen and oxygen atoms in total. The van der Waals surface area contributed by atoms with Crippen LogP contribution in [-0.2, 0) is 39.9 Å². The van der Waals surface area contributed by atoms with Crippen LogP contribution in [0.15, 0.2) is 30.3 Å². The van der Waals surface area contributed by atoms with E-state index in [4.69, 9.17) is 4.74 Å². The van der Waals surface area contributed by atoms with Crippen molar-refractivity contribution in [1.29, 1.82) is 0 Å². The Bertz CT molecular complexity index is 1220. The maximum absolute atomic E-state index is 13.8. The van der Waals surface area contributed by atoms with E-state index in [1.807, 2.05) is 51.1 Å². The Hall–Kier alpha value is -3.96. The van der Waals surface area contributed by atoms with Crippen LogP contribution in [-0.4, -0.2) is 72.3 Å². The molecule has 0 aromatic heterocycles. The fourth-order valence-electron chi connectivity index (χ4n) is 5.55. The molecular weight excluding hydrogens is 614 g/mol. The van der Waals surface area contributed by atoms with E-state index in [1.54, 1.807) is 13.8 Å². The van der Waals surface area contributed by atoms with Crippen LogP contribution in [0.1, 0.15) is 99.0 Å². The Morgan fingerprint density at radius 1 is 0.771 bits per heavy atom. The number of unbranched alkanes of at least 4 members (excludes halogenated alkanes) is 3. The smallest absolute Gasteiger partial charge is 0.329 e. The summed E-state index contributed by atoms with van der Waals surface area (Å²) in [4.78, 5) is 80.0. The van der Waals surface area contributed by atoms with Gasteiger partial charge in [0.25, 0.3) is 0 Å². The van der Waals surface area contributed by atoms with E-state index in [2.05, 4.69) is 33.5 Å². The van der Waals surface area contributed by atoms with Crippen molar-refractivity contribution in [2.45, 2.75) is 130 Å². The van der Waals surface area contributed by atoms with Gasteiger partial charge in [-0.1, -0.05) is 97.6 Å². The van der Waals surface area contributed by atoms with E-state index in [9.17, 15) is 28.8 Å². The summed E-state index contributed by atoms with van der Waals surface area (Å²) in [5.41, 5.74) is 0.780. The average Bonchev–Trinajstić information content (AvgIpc) is 3.03. The summed E-state index contributed by atoms with van der Waals surface area (Å²) in [5.74, 6) is -4.00. The monoisotopic (exact) mass is 671 g/mol. The number of hydrogen-bond donors (Lipinski definition) is 5. The standard InChI is InChI=1S/C36H57N5O7/c1-8-9-10-12-15-24(6)29-20-30(42)37-21-31(43)41-32(23(4)5)35(46)39-27(18-22(2)3)34(45)38-25(7)33(44)40-28(36(47)48-29)19-26-16-13-11-14-17-26/h11,13-14,16-17,22-25,27-29,32H,8-10,12,15,18-21H2,1-7H3,(H,37,42)(H,38,45)(H,39,46)(H,40,44)(H,41,43)/t24?,25-,27+,28-,29?,32-/m0/s1. The van der Waals surface area contributed by atoms with Crippen LogP contribution in [0.5, 0.6) is 0 Å². The Labute approximate surface area is 285 Å². The molecule has 48 heavy (non-hydrogen) atoms. The fraction of sp³-hybridized carbons (Fsp3) is 0.667. The fourth-order valence-corrected chi connectivity index (χ4v) is 5.55. The lowest BCUT2D eigenvalue weighted by molar-refractivity contribution is -0.157. The molecule has 0 spiro atoms. The number of ether oxygens (including phenoxy) is 1. The van der Waals surface area contributed by atoms with Crippen molar-refractivity contribution < 1.29 is 33.5 Å². The van der Waals surface area contributed by atoms with Crippen molar-refractivity contribution in [3.63, 3.8) is 0 Å². The summed E-state index contributed by atoms with van der Waals surface area (Å²) in [5, 5.41) is 13.4. The zero-order valence-corrected chi connectivity index (χ0v) is 29.7. The summed E-state index contributed by atoms with van der Waals surface area (Å²) < 4.78 is 5.99. The first-order valence-corrected chi connectivity index (χ1v) is 17.4. The highest BCUT2D eigenvalue weighted by molar-refractivity contribution is 5.95. The van der Waals surface area contributed by atoms with Crippen molar-refractivity contribution in [3.8, 4) is 0 Å². The molecule has 1 aromatic rings. The van der Waals surface area contributed by atoms with Crippen LogP contribution in [0.4, 0.5) is 0 Å². The maximum atomic E-state index is 13.8. The average molecular weight is 672 g/mol. The van der Waals surface area contributed by atoms with Gasteiger partial charge in [-0.2, -0.15) is 0 Å². The van der Waals surface area contributed by atoms with Crippen LogP contribution in [0.3, 0.4) is 0 Å². The molecule has 268 valence electrons. The van der Waals surface area contributed by atoms with Gasteiger partial charge in [-0.05, 0) is 43.1 Å². The van der Waals surface area contributed by atoms with Gasteiger partial charge >= 0.3 is 5.97 Å². The highest BCUT2D eigenvalue weighted by Gasteiger charge is 2.34. The Balaban J connectivity index is 2.46. The third kappa shape index (κ3) is 14.0. The predicted octanol–water partition coefficient (Wildman–Crippen LogP) is 2.93. The molecule has 1 fully saturated rings. The number of nitrogens with one attached hydrogen (secondary N) is 5. The lowest BCUT2D eigenvalue weighted by Gasteiger charge is -2.28. The number of hydrogen-bond acceptors (Lipinski definition) is 7. The lowest BCUT2D eigenvalue weighted by Crippen LogP contribution is -2.58. The Morgan fingerprint density at radius 3 is 2.06 bits per heavy atom. The third-order valence-corrected chi connectivity index (χ3v) is 8.49. The molecule has 5 N–H and O–H groups in total. The van der Waals surface area contributed by atoms with Crippen molar-refractivity contribution in [2.24, 2.45) is 17.8 Å². The van der Waals surface area contributed by atoms with Crippen molar-refractivity contribution in [3.05, 3.63) is 35.9 Å². The van der Waals surface area contributed by atoms with E-state index >= 15 is 0 Å². The van der Waals surface area contributed by atoms with Gasteiger partial charge in [-0.25, -0.2) is 4.79 Å². The molecule has 1 saturated heterocycles. The van der Waals surface area contributed by atoms with Gasteiger partial charge in [0.1, 0.15) is 30.3 Å². The van der Waals surface area contributed by atoms with Crippen LogP contribution in [0.2, 0.25) is 0 Å². The molecule has 1 heterocycles. The number of carbonyl (C=O) groups is 6. The summed E-state index contributed by atoms with van der Waals surface area (Å²) >= 11 is 0. The molecule has 2 rings (SSSR count). The number of carbonyl (C=O) groups excluding carboxylic acids is 6. The van der Waals surface area contributed by atoms with E-state index < -0.39 is 65.8 Å². The van der Waals surface area contributed by atoms with Crippen molar-refractivity contribution in [1.82, 2.24) is 26.6 Å². The summed E-state index contributed by atoms with van der Waals surface area (Å²) in [7, 11) is 0. The number of amides is 5. The van der Waals surface area contributed by atoms with Crippen molar-refractivity contribution >= 4 is 35.5 Å². The molecule has 0 aliphatic carbocycles. The minimum absolute atomic E-state index is 0.0149. The summed E-state index contributed by atoms with van der Waals surface area (Å²) in [6.45, 7) is 12.5. The van der Waals surface area contributed by atoms with E-state index in [1.165, 1.54) is 6.92 Å². The Morgan fingerprint density at radius 2 is 1.44 bits per heavy atom. The van der Waals surface area contributed by atoms with E-state index in [0.717, 1.165) is 31.2 Å². The van der Waals surface area contributed by atoms with Gasteiger partial charge in [0.05, 0.1) is 13.0 Å². The summed E-state index contributed by atoms with van der Waals surface area (Å²) in [6, 6.07) is 5.01. The lowest BCUT2D eigenvalue weighted by atomic mass is 9.94.